The van der Waals surface area contributed by atoms with E-state index in [2.05, 4.69) is 10.3 Å². The van der Waals surface area contributed by atoms with Gasteiger partial charge in [0.15, 0.2) is 11.9 Å². The molecule has 3 aromatic rings. The van der Waals surface area contributed by atoms with E-state index in [-0.39, 0.29) is 11.7 Å². The van der Waals surface area contributed by atoms with Gasteiger partial charge in [-0.05, 0) is 50.2 Å². The van der Waals surface area contributed by atoms with Gasteiger partial charge in [0.1, 0.15) is 16.5 Å². The van der Waals surface area contributed by atoms with Crippen molar-refractivity contribution in [2.75, 3.05) is 33.3 Å². The van der Waals surface area contributed by atoms with Crippen LogP contribution in [-0.2, 0) is 11.3 Å². The first-order valence-electron chi connectivity index (χ1n) is 11.3. The molecule has 0 aliphatic carbocycles. The van der Waals surface area contributed by atoms with Crippen LogP contribution in [0.1, 0.15) is 29.9 Å². The van der Waals surface area contributed by atoms with E-state index in [1.54, 1.807) is 49.6 Å². The van der Waals surface area contributed by atoms with Crippen molar-refractivity contribution in [1.82, 2.24) is 14.8 Å². The van der Waals surface area contributed by atoms with E-state index in [4.69, 9.17) is 14.5 Å². The summed E-state index contributed by atoms with van der Waals surface area (Å²) in [7, 11) is 1.66. The maximum atomic E-state index is 12.9. The Balaban J connectivity index is 1.27. The first kappa shape index (κ1) is 23.9. The van der Waals surface area contributed by atoms with Crippen LogP contribution in [0.2, 0.25) is 0 Å². The smallest absolute Gasteiger partial charge is 0.263 e. The predicted octanol–water partition coefficient (Wildman–Crippen LogP) is 4.13. The second kappa shape index (κ2) is 10.8. The molecule has 1 amide bonds. The highest BCUT2D eigenvalue weighted by molar-refractivity contribution is 7.13. The van der Waals surface area contributed by atoms with Crippen molar-refractivity contribution in [3.05, 3.63) is 65.2 Å². The lowest BCUT2D eigenvalue weighted by molar-refractivity contribution is -0.139. The minimum atomic E-state index is -0.612. The van der Waals surface area contributed by atoms with Crippen molar-refractivity contribution in [3.8, 4) is 22.1 Å². The molecular weight excluding hydrogens is 450 g/mol. The molecule has 34 heavy (non-hydrogen) atoms. The van der Waals surface area contributed by atoms with E-state index in [0.717, 1.165) is 41.6 Å². The van der Waals surface area contributed by atoms with Gasteiger partial charge < -0.3 is 14.4 Å². The van der Waals surface area contributed by atoms with Crippen molar-refractivity contribution < 1.29 is 19.1 Å². The molecule has 7 nitrogen and oxygen atoms in total. The number of carbonyl (C=O) groups is 2. The molecule has 0 N–H and O–H groups in total. The summed E-state index contributed by atoms with van der Waals surface area (Å²) >= 11 is 1.64. The average Bonchev–Trinajstić information content (AvgIpc) is 3.32. The number of ether oxygens (including phenoxy) is 2. The normalized spacial score (nSPS) is 15.1. The van der Waals surface area contributed by atoms with Crippen molar-refractivity contribution in [1.29, 1.82) is 0 Å². The second-order valence-electron chi connectivity index (χ2n) is 8.32. The number of ketones is 1. The average molecular weight is 480 g/mol. The minimum Gasteiger partial charge on any atom is -0.497 e. The maximum absolute atomic E-state index is 12.9. The molecule has 178 valence electrons. The van der Waals surface area contributed by atoms with Crippen LogP contribution in [0.15, 0.2) is 53.9 Å². The van der Waals surface area contributed by atoms with E-state index in [1.807, 2.05) is 29.2 Å². The fraction of sp³-hybridized carbons (Fsp3) is 0.346. The van der Waals surface area contributed by atoms with Crippen LogP contribution in [0.5, 0.6) is 11.5 Å². The van der Waals surface area contributed by atoms with Crippen LogP contribution >= 0.6 is 11.3 Å². The number of aromatic nitrogens is 1. The summed E-state index contributed by atoms with van der Waals surface area (Å²) in [6, 6.07) is 14.9. The molecule has 0 radical (unpaired) electrons. The van der Waals surface area contributed by atoms with Crippen molar-refractivity contribution in [2.45, 2.75) is 26.5 Å². The number of nitrogens with zero attached hydrogens (tertiary/aromatic N) is 3. The molecule has 1 fully saturated rings. The Hall–Kier alpha value is -3.23. The van der Waals surface area contributed by atoms with Gasteiger partial charge in [-0.3, -0.25) is 14.5 Å². The van der Waals surface area contributed by atoms with E-state index in [0.29, 0.717) is 24.4 Å². The van der Waals surface area contributed by atoms with Gasteiger partial charge in [0, 0.05) is 49.2 Å². The highest BCUT2D eigenvalue weighted by Crippen LogP contribution is 2.26. The summed E-state index contributed by atoms with van der Waals surface area (Å²) in [6.45, 7) is 6.90. The zero-order valence-electron chi connectivity index (χ0n) is 19.7. The quantitative estimate of drug-likeness (QED) is 0.453. The third-order valence-corrected chi connectivity index (χ3v) is 6.80. The van der Waals surface area contributed by atoms with E-state index < -0.39 is 6.10 Å². The number of Topliss-reactive ketones (excluding diaryl/α,β-unsaturated/α-hetero) is 1. The number of hydrogen-bond acceptors (Lipinski definition) is 7. The van der Waals surface area contributed by atoms with E-state index in [1.165, 1.54) is 6.92 Å². The molecule has 1 aromatic heterocycles. The van der Waals surface area contributed by atoms with Gasteiger partial charge in [0.05, 0.1) is 12.8 Å². The number of benzene rings is 2. The molecule has 1 unspecified atom stereocenters. The number of thiazole rings is 1. The molecule has 0 spiro atoms. The SMILES string of the molecule is COc1ccc(-c2nc(CN3CCN(C(=O)C(C)Oc4cccc(C(C)=O)c4)CC3)cs2)cc1. The lowest BCUT2D eigenvalue weighted by Crippen LogP contribution is -2.51. The summed E-state index contributed by atoms with van der Waals surface area (Å²) in [5.41, 5.74) is 2.69. The first-order valence-corrected chi connectivity index (χ1v) is 12.2. The highest BCUT2D eigenvalue weighted by atomic mass is 32.1. The number of hydrogen-bond donors (Lipinski definition) is 0. The van der Waals surface area contributed by atoms with Gasteiger partial charge in [0.2, 0.25) is 0 Å². The van der Waals surface area contributed by atoms with Crippen LogP contribution < -0.4 is 9.47 Å². The Morgan fingerprint density at radius 2 is 1.79 bits per heavy atom. The van der Waals surface area contributed by atoms with Gasteiger partial charge in [-0.1, -0.05) is 12.1 Å². The minimum absolute atomic E-state index is 0.0308. The van der Waals surface area contributed by atoms with Gasteiger partial charge in [-0.2, -0.15) is 0 Å². The fourth-order valence-corrected chi connectivity index (χ4v) is 4.72. The van der Waals surface area contributed by atoms with Gasteiger partial charge in [0.25, 0.3) is 5.91 Å². The fourth-order valence-electron chi connectivity index (χ4n) is 3.90. The maximum Gasteiger partial charge on any atom is 0.263 e. The van der Waals surface area contributed by atoms with Crippen LogP contribution in [-0.4, -0.2) is 65.9 Å². The van der Waals surface area contributed by atoms with E-state index >= 15 is 0 Å². The molecule has 2 aromatic carbocycles. The number of carbonyl (C=O) groups excluding carboxylic acids is 2. The summed E-state index contributed by atoms with van der Waals surface area (Å²) < 4.78 is 11.1. The summed E-state index contributed by atoms with van der Waals surface area (Å²) in [6.07, 6.45) is -0.612. The van der Waals surface area contributed by atoms with Crippen molar-refractivity contribution in [2.24, 2.45) is 0 Å². The summed E-state index contributed by atoms with van der Waals surface area (Å²) in [4.78, 5) is 33.4. The monoisotopic (exact) mass is 479 g/mol. The standard InChI is InChI=1S/C26H29N3O4S/c1-18(30)21-5-4-6-24(15-21)33-19(2)26(31)29-13-11-28(12-14-29)16-22-17-34-25(27-22)20-7-9-23(32-3)10-8-20/h4-10,15,17,19H,11-14,16H2,1-3H3. The first-order chi connectivity index (χ1) is 16.4. The van der Waals surface area contributed by atoms with Gasteiger partial charge in [-0.15, -0.1) is 11.3 Å². The van der Waals surface area contributed by atoms with Crippen molar-refractivity contribution in [3.63, 3.8) is 0 Å². The highest BCUT2D eigenvalue weighted by Gasteiger charge is 2.26. The molecule has 2 heterocycles. The molecule has 0 bridgehead atoms. The molecule has 4 rings (SSSR count). The predicted molar refractivity (Wildman–Crippen MR) is 132 cm³/mol. The molecule has 8 heteroatoms. The third kappa shape index (κ3) is 5.81. The Morgan fingerprint density at radius 1 is 1.06 bits per heavy atom. The number of amides is 1. The third-order valence-electron chi connectivity index (χ3n) is 5.86. The Kier molecular flexibility index (Phi) is 7.59. The van der Waals surface area contributed by atoms with Crippen LogP contribution in [0.25, 0.3) is 10.6 Å². The summed E-state index contributed by atoms with van der Waals surface area (Å²) in [5, 5.41) is 3.09. The topological polar surface area (TPSA) is 72.0 Å². The molecule has 1 saturated heterocycles. The number of piperazine rings is 1. The van der Waals surface area contributed by atoms with Crippen LogP contribution in [0.3, 0.4) is 0 Å². The second-order valence-corrected chi connectivity index (χ2v) is 9.18. The van der Waals surface area contributed by atoms with Gasteiger partial charge in [-0.25, -0.2) is 4.98 Å². The van der Waals surface area contributed by atoms with Crippen LogP contribution in [0.4, 0.5) is 0 Å². The van der Waals surface area contributed by atoms with Crippen molar-refractivity contribution >= 4 is 23.0 Å². The zero-order valence-corrected chi connectivity index (χ0v) is 20.5. The number of methoxy groups -OCH3 is 1. The molecule has 1 aliphatic rings. The largest absolute Gasteiger partial charge is 0.497 e. The van der Waals surface area contributed by atoms with E-state index in [9.17, 15) is 9.59 Å². The lowest BCUT2D eigenvalue weighted by Gasteiger charge is -2.35. The molecule has 1 aliphatic heterocycles. The molecular formula is C26H29N3O4S. The summed E-state index contributed by atoms with van der Waals surface area (Å²) in [5.74, 6) is 1.29. The molecule has 0 saturated carbocycles. The molecule has 1 atom stereocenters. The number of rotatable bonds is 8. The zero-order chi connectivity index (χ0) is 24.1. The van der Waals surface area contributed by atoms with Crippen LogP contribution in [0, 0.1) is 0 Å². The Labute approximate surface area is 203 Å². The Morgan fingerprint density at radius 3 is 2.47 bits per heavy atom. The Bertz CT molecular complexity index is 1140. The van der Waals surface area contributed by atoms with Gasteiger partial charge >= 0.3 is 0 Å². The lowest BCUT2D eigenvalue weighted by atomic mass is 10.1.